The average molecular weight is 473 g/mol. The summed E-state index contributed by atoms with van der Waals surface area (Å²) >= 11 is 0. The molecule has 35 heavy (non-hydrogen) atoms. The summed E-state index contributed by atoms with van der Waals surface area (Å²) in [6, 6.07) is 14.6. The van der Waals surface area contributed by atoms with Crippen LogP contribution in [0, 0.1) is 0 Å². The van der Waals surface area contributed by atoms with E-state index in [9.17, 15) is 0 Å². The predicted molar refractivity (Wildman–Crippen MR) is 146 cm³/mol. The van der Waals surface area contributed by atoms with Gasteiger partial charge in [0.25, 0.3) is 0 Å². The molecule has 0 atom stereocenters. The van der Waals surface area contributed by atoms with Crippen LogP contribution in [-0.4, -0.2) is 60.8 Å². The van der Waals surface area contributed by atoms with Crippen molar-refractivity contribution >= 4 is 28.2 Å². The van der Waals surface area contributed by atoms with Crippen LogP contribution in [0.1, 0.15) is 25.3 Å². The van der Waals surface area contributed by atoms with Crippen LogP contribution in [0.5, 0.6) is 5.75 Å². The number of methoxy groups -OCH3 is 1. The summed E-state index contributed by atoms with van der Waals surface area (Å²) in [7, 11) is 10.1. The largest absolute Gasteiger partial charge is 0.494 e. The van der Waals surface area contributed by atoms with Crippen molar-refractivity contribution in [3.63, 3.8) is 0 Å². The third-order valence-corrected chi connectivity index (χ3v) is 6.34. The second-order valence-electron chi connectivity index (χ2n) is 9.55. The van der Waals surface area contributed by atoms with Gasteiger partial charge in [-0.05, 0) is 43.8 Å². The van der Waals surface area contributed by atoms with E-state index in [1.165, 1.54) is 22.2 Å². The predicted octanol–water partition coefficient (Wildman–Crippen LogP) is 5.51. The average Bonchev–Trinajstić information content (AvgIpc) is 3.19. The van der Waals surface area contributed by atoms with Gasteiger partial charge in [0.1, 0.15) is 5.75 Å². The lowest BCUT2D eigenvalue weighted by Crippen LogP contribution is -2.29. The summed E-state index contributed by atoms with van der Waals surface area (Å²) in [5.41, 5.74) is 6.42. The van der Waals surface area contributed by atoms with E-state index in [4.69, 9.17) is 9.72 Å². The van der Waals surface area contributed by atoms with E-state index in [-0.39, 0.29) is 0 Å². The van der Waals surface area contributed by atoms with Gasteiger partial charge in [-0.15, -0.1) is 0 Å². The minimum Gasteiger partial charge on any atom is -0.494 e. The Labute approximate surface area is 208 Å². The summed E-state index contributed by atoms with van der Waals surface area (Å²) in [6.07, 6.45) is 3.91. The fourth-order valence-electron chi connectivity index (χ4n) is 4.35. The van der Waals surface area contributed by atoms with E-state index < -0.39 is 0 Å². The number of nitrogens with zero attached hydrogens (tertiary/aromatic N) is 5. The number of benzene rings is 2. The number of para-hydroxylation sites is 1. The number of fused-ring (bicyclic) bond motifs is 1. The first-order valence-corrected chi connectivity index (χ1v) is 12.0. The van der Waals surface area contributed by atoms with Gasteiger partial charge < -0.3 is 24.4 Å². The molecule has 0 saturated heterocycles. The lowest BCUT2D eigenvalue weighted by molar-refractivity contribution is 0.413. The van der Waals surface area contributed by atoms with Crippen molar-refractivity contribution in [1.29, 1.82) is 0 Å². The first kappa shape index (κ1) is 24.5. The van der Waals surface area contributed by atoms with E-state index >= 15 is 0 Å². The zero-order chi connectivity index (χ0) is 25.1. The fourth-order valence-corrected chi connectivity index (χ4v) is 4.35. The molecule has 0 unspecified atom stereocenters. The van der Waals surface area contributed by atoms with E-state index in [0.29, 0.717) is 11.9 Å². The standard InChI is InChI=1S/C28H36N6O/c1-19(2)21-16-24(27(35-7)17-26(21)33(5)15-14-32(3)4)31-28-29-13-12-23(30-28)22-18-34(6)25-11-9-8-10-20(22)25/h8-13,16-19H,14-15H2,1-7H3,(H,29,30,31). The summed E-state index contributed by atoms with van der Waals surface area (Å²) in [5.74, 6) is 1.65. The molecule has 0 fully saturated rings. The van der Waals surface area contributed by atoms with Crippen molar-refractivity contribution in [3.05, 3.63) is 60.4 Å². The SMILES string of the molecule is COc1cc(N(C)CCN(C)C)c(C(C)C)cc1Nc1nccc(-c2cn(C)c3ccccc23)n1. The van der Waals surface area contributed by atoms with Crippen LogP contribution in [0.2, 0.25) is 0 Å². The Morgan fingerprint density at radius 2 is 1.83 bits per heavy atom. The second kappa shape index (κ2) is 10.4. The zero-order valence-electron chi connectivity index (χ0n) is 21.8. The van der Waals surface area contributed by atoms with Crippen LogP contribution in [0.4, 0.5) is 17.3 Å². The van der Waals surface area contributed by atoms with Gasteiger partial charge in [-0.2, -0.15) is 0 Å². The molecule has 0 aliphatic heterocycles. The van der Waals surface area contributed by atoms with Gasteiger partial charge in [0.15, 0.2) is 0 Å². The Morgan fingerprint density at radius 1 is 1.06 bits per heavy atom. The highest BCUT2D eigenvalue weighted by molar-refractivity contribution is 5.95. The normalized spacial score (nSPS) is 11.5. The molecular formula is C28H36N6O. The molecule has 2 aromatic carbocycles. The molecule has 4 aromatic rings. The summed E-state index contributed by atoms with van der Waals surface area (Å²) in [6.45, 7) is 6.34. The number of anilines is 3. The number of hydrogen-bond donors (Lipinski definition) is 1. The van der Waals surface area contributed by atoms with Crippen LogP contribution in [0.15, 0.2) is 54.9 Å². The fraction of sp³-hybridized carbons (Fsp3) is 0.357. The third-order valence-electron chi connectivity index (χ3n) is 6.34. The number of nitrogens with one attached hydrogen (secondary N) is 1. The van der Waals surface area contributed by atoms with E-state index in [2.05, 4.69) is 109 Å². The number of likely N-dealkylation sites (N-methyl/N-ethyl adjacent to an activating group) is 2. The van der Waals surface area contributed by atoms with Crippen LogP contribution in [-0.2, 0) is 7.05 Å². The molecule has 184 valence electrons. The zero-order valence-corrected chi connectivity index (χ0v) is 21.8. The lowest BCUT2D eigenvalue weighted by atomic mass is 9.99. The molecule has 2 aromatic heterocycles. The number of rotatable bonds is 9. The van der Waals surface area contributed by atoms with Crippen molar-refractivity contribution in [2.75, 3.05) is 51.6 Å². The van der Waals surface area contributed by atoms with Gasteiger partial charge in [0, 0.05) is 67.8 Å². The molecule has 7 heteroatoms. The number of hydrogen-bond acceptors (Lipinski definition) is 6. The molecule has 0 aliphatic carbocycles. The van der Waals surface area contributed by atoms with Crippen LogP contribution >= 0.6 is 0 Å². The van der Waals surface area contributed by atoms with Gasteiger partial charge in [0.2, 0.25) is 5.95 Å². The first-order valence-electron chi connectivity index (χ1n) is 12.0. The van der Waals surface area contributed by atoms with Gasteiger partial charge >= 0.3 is 0 Å². The Kier molecular flexibility index (Phi) is 7.26. The molecule has 2 heterocycles. The van der Waals surface area contributed by atoms with Crippen molar-refractivity contribution in [3.8, 4) is 17.0 Å². The highest BCUT2D eigenvalue weighted by atomic mass is 16.5. The molecule has 4 rings (SSSR count). The smallest absolute Gasteiger partial charge is 0.227 e. The molecule has 0 bridgehead atoms. The van der Waals surface area contributed by atoms with E-state index in [1.807, 2.05) is 6.07 Å². The van der Waals surface area contributed by atoms with E-state index in [0.717, 1.165) is 35.8 Å². The van der Waals surface area contributed by atoms with Crippen LogP contribution < -0.4 is 15.0 Å². The van der Waals surface area contributed by atoms with Gasteiger partial charge in [-0.1, -0.05) is 32.0 Å². The van der Waals surface area contributed by atoms with Crippen LogP contribution in [0.3, 0.4) is 0 Å². The maximum absolute atomic E-state index is 5.79. The molecule has 0 saturated carbocycles. The highest BCUT2D eigenvalue weighted by Gasteiger charge is 2.18. The van der Waals surface area contributed by atoms with Crippen molar-refractivity contribution in [1.82, 2.24) is 19.4 Å². The highest BCUT2D eigenvalue weighted by Crippen LogP contribution is 2.38. The summed E-state index contributed by atoms with van der Waals surface area (Å²) in [5, 5.41) is 4.59. The van der Waals surface area contributed by atoms with Gasteiger partial charge in [0.05, 0.1) is 18.5 Å². The Morgan fingerprint density at radius 3 is 2.54 bits per heavy atom. The molecule has 0 spiro atoms. The van der Waals surface area contributed by atoms with Gasteiger partial charge in [-0.25, -0.2) is 9.97 Å². The van der Waals surface area contributed by atoms with Crippen molar-refractivity contribution in [2.24, 2.45) is 7.05 Å². The van der Waals surface area contributed by atoms with Crippen LogP contribution in [0.25, 0.3) is 22.2 Å². The first-order chi connectivity index (χ1) is 16.8. The van der Waals surface area contributed by atoms with Crippen molar-refractivity contribution < 1.29 is 4.74 Å². The van der Waals surface area contributed by atoms with E-state index in [1.54, 1.807) is 13.3 Å². The molecule has 7 nitrogen and oxygen atoms in total. The monoisotopic (exact) mass is 472 g/mol. The minimum absolute atomic E-state index is 0.348. The number of aromatic nitrogens is 3. The molecule has 1 N–H and O–H groups in total. The molecule has 0 amide bonds. The second-order valence-corrected chi connectivity index (χ2v) is 9.55. The topological polar surface area (TPSA) is 58.5 Å². The minimum atomic E-state index is 0.348. The quantitative estimate of drug-likeness (QED) is 0.347. The molecular weight excluding hydrogens is 436 g/mol. The Bertz CT molecular complexity index is 1310. The summed E-state index contributed by atoms with van der Waals surface area (Å²) < 4.78 is 7.91. The summed E-state index contributed by atoms with van der Waals surface area (Å²) in [4.78, 5) is 13.8. The Balaban J connectivity index is 1.69. The maximum Gasteiger partial charge on any atom is 0.227 e. The molecule has 0 radical (unpaired) electrons. The maximum atomic E-state index is 5.79. The van der Waals surface area contributed by atoms with Gasteiger partial charge in [-0.3, -0.25) is 0 Å². The Hall–Kier alpha value is -3.58. The number of ether oxygens (including phenoxy) is 1. The third kappa shape index (κ3) is 5.25. The van der Waals surface area contributed by atoms with Crippen molar-refractivity contribution in [2.45, 2.75) is 19.8 Å². The number of aryl methyl sites for hydroxylation is 1. The molecule has 0 aliphatic rings. The lowest BCUT2D eigenvalue weighted by Gasteiger charge is -2.27.